The maximum atomic E-state index is 12.5. The number of nitrogens with zero attached hydrogens (tertiary/aromatic N) is 1. The Balaban J connectivity index is 1.56. The number of para-hydroxylation sites is 1. The molecule has 186 valence electrons. The van der Waals surface area contributed by atoms with Gasteiger partial charge >= 0.3 is 5.97 Å². The van der Waals surface area contributed by atoms with Crippen LogP contribution < -0.4 is 24.4 Å². The Hall–Kier alpha value is -4.59. The second-order valence-corrected chi connectivity index (χ2v) is 7.44. The first-order valence-electron chi connectivity index (χ1n) is 11.3. The van der Waals surface area contributed by atoms with E-state index in [2.05, 4.69) is 17.1 Å². The van der Waals surface area contributed by atoms with Gasteiger partial charge in [-0.1, -0.05) is 24.3 Å². The molecule has 8 nitrogen and oxygen atoms in total. The first kappa shape index (κ1) is 26.0. The number of ether oxygens (including phenoxy) is 4. The van der Waals surface area contributed by atoms with Crippen LogP contribution in [0.15, 0.2) is 84.5 Å². The van der Waals surface area contributed by atoms with E-state index >= 15 is 0 Å². The summed E-state index contributed by atoms with van der Waals surface area (Å²) in [5.74, 6) is 0.950. The lowest BCUT2D eigenvalue weighted by Gasteiger charge is -2.10. The summed E-state index contributed by atoms with van der Waals surface area (Å²) in [6.45, 7) is 5.97. The van der Waals surface area contributed by atoms with Crippen molar-refractivity contribution in [3.8, 4) is 23.0 Å². The van der Waals surface area contributed by atoms with Crippen molar-refractivity contribution in [2.45, 2.75) is 13.3 Å². The summed E-state index contributed by atoms with van der Waals surface area (Å²) in [5, 5.41) is 3.95. The third-order valence-electron chi connectivity index (χ3n) is 4.89. The van der Waals surface area contributed by atoms with Crippen LogP contribution in [0.1, 0.15) is 28.4 Å². The minimum Gasteiger partial charge on any atom is -0.494 e. The van der Waals surface area contributed by atoms with Crippen molar-refractivity contribution in [1.82, 2.24) is 5.43 Å². The van der Waals surface area contributed by atoms with Gasteiger partial charge in [0.1, 0.15) is 11.5 Å². The molecule has 36 heavy (non-hydrogen) atoms. The van der Waals surface area contributed by atoms with Crippen LogP contribution >= 0.6 is 0 Å². The molecular formula is C28H28N2O6. The average Bonchev–Trinajstić information content (AvgIpc) is 2.89. The summed E-state index contributed by atoms with van der Waals surface area (Å²) in [4.78, 5) is 24.6. The van der Waals surface area contributed by atoms with Gasteiger partial charge in [-0.3, -0.25) is 4.79 Å². The maximum absolute atomic E-state index is 12.5. The average molecular weight is 489 g/mol. The van der Waals surface area contributed by atoms with Crippen LogP contribution in [0.4, 0.5) is 0 Å². The van der Waals surface area contributed by atoms with Crippen molar-refractivity contribution in [3.05, 3.63) is 96.1 Å². The minimum atomic E-state index is -0.528. The number of methoxy groups -OCH3 is 1. The molecule has 3 aromatic rings. The molecule has 0 spiro atoms. The number of allylic oxidation sites excluding steroid dienone is 1. The zero-order valence-corrected chi connectivity index (χ0v) is 20.2. The highest BCUT2D eigenvalue weighted by Crippen LogP contribution is 2.28. The van der Waals surface area contributed by atoms with E-state index < -0.39 is 11.9 Å². The van der Waals surface area contributed by atoms with Gasteiger partial charge in [-0.2, -0.15) is 5.10 Å². The summed E-state index contributed by atoms with van der Waals surface area (Å²) in [5.41, 5.74) is 4.37. The largest absolute Gasteiger partial charge is 0.494 e. The zero-order chi connectivity index (χ0) is 25.8. The third kappa shape index (κ3) is 7.46. The van der Waals surface area contributed by atoms with Crippen molar-refractivity contribution in [3.63, 3.8) is 0 Å². The number of benzene rings is 3. The van der Waals surface area contributed by atoms with Crippen molar-refractivity contribution in [1.29, 1.82) is 0 Å². The summed E-state index contributed by atoms with van der Waals surface area (Å²) >= 11 is 0. The van der Waals surface area contributed by atoms with Crippen LogP contribution in [0.3, 0.4) is 0 Å². The number of carbonyl (C=O) groups excluding carboxylic acids is 2. The molecule has 1 N–H and O–H groups in total. The molecule has 0 saturated heterocycles. The fourth-order valence-corrected chi connectivity index (χ4v) is 3.18. The van der Waals surface area contributed by atoms with Crippen molar-refractivity contribution < 1.29 is 28.5 Å². The zero-order valence-electron chi connectivity index (χ0n) is 20.2. The molecule has 0 heterocycles. The van der Waals surface area contributed by atoms with Crippen LogP contribution in [0.2, 0.25) is 0 Å². The van der Waals surface area contributed by atoms with Gasteiger partial charge in [-0.25, -0.2) is 10.2 Å². The first-order valence-corrected chi connectivity index (χ1v) is 11.3. The van der Waals surface area contributed by atoms with Gasteiger partial charge in [-0.15, -0.1) is 6.58 Å². The van der Waals surface area contributed by atoms with Crippen LogP contribution in [-0.4, -0.2) is 38.4 Å². The quantitative estimate of drug-likeness (QED) is 0.132. The highest BCUT2D eigenvalue weighted by atomic mass is 16.6. The number of nitrogens with one attached hydrogen (secondary N) is 1. The SMILES string of the molecule is C=CCc1ccccc1OCC(=O)N/N=C/c1ccc(OC(=O)c2ccc(OCC)cc2)c(OC)c1. The number of rotatable bonds is 12. The van der Waals surface area contributed by atoms with Gasteiger partial charge in [0.25, 0.3) is 5.91 Å². The normalized spacial score (nSPS) is 10.5. The van der Waals surface area contributed by atoms with Crippen molar-refractivity contribution >= 4 is 18.1 Å². The van der Waals surface area contributed by atoms with E-state index in [0.29, 0.717) is 41.4 Å². The molecule has 0 radical (unpaired) electrons. The third-order valence-corrected chi connectivity index (χ3v) is 4.89. The van der Waals surface area contributed by atoms with E-state index in [1.54, 1.807) is 54.6 Å². The van der Waals surface area contributed by atoms with E-state index in [1.807, 2.05) is 25.1 Å². The standard InChI is InChI=1S/C28H28N2O6/c1-4-8-21-9-6-7-10-24(21)35-19-27(31)30-29-18-20-11-16-25(26(17-20)33-3)36-28(32)22-12-14-23(15-13-22)34-5-2/h4,6-7,9-18H,1,5,8,19H2,2-3H3,(H,30,31)/b29-18+. The smallest absolute Gasteiger partial charge is 0.343 e. The molecule has 0 aromatic heterocycles. The predicted molar refractivity (Wildman–Crippen MR) is 137 cm³/mol. The Morgan fingerprint density at radius 3 is 2.47 bits per heavy atom. The summed E-state index contributed by atoms with van der Waals surface area (Å²) in [6.07, 6.45) is 3.86. The minimum absolute atomic E-state index is 0.185. The molecule has 0 atom stereocenters. The highest BCUT2D eigenvalue weighted by Gasteiger charge is 2.13. The molecule has 0 aliphatic carbocycles. The number of hydrogen-bond acceptors (Lipinski definition) is 7. The van der Waals surface area contributed by atoms with Gasteiger partial charge < -0.3 is 18.9 Å². The predicted octanol–water partition coefficient (Wildman–Crippen LogP) is 4.57. The van der Waals surface area contributed by atoms with Crippen LogP contribution in [0.5, 0.6) is 23.0 Å². The molecule has 0 aliphatic rings. The number of hydrazone groups is 1. The van der Waals surface area contributed by atoms with E-state index in [0.717, 1.165) is 5.56 Å². The van der Waals surface area contributed by atoms with Crippen molar-refractivity contribution in [2.75, 3.05) is 20.3 Å². The lowest BCUT2D eigenvalue weighted by atomic mass is 10.1. The van der Waals surface area contributed by atoms with Gasteiger partial charge in [0.05, 0.1) is 25.5 Å². The Morgan fingerprint density at radius 1 is 0.972 bits per heavy atom. The Morgan fingerprint density at radius 2 is 1.75 bits per heavy atom. The molecule has 0 aliphatic heterocycles. The van der Waals surface area contributed by atoms with Crippen LogP contribution in [-0.2, 0) is 11.2 Å². The second kappa shape index (κ2) is 13.3. The topological polar surface area (TPSA) is 95.5 Å². The number of esters is 1. The fourth-order valence-electron chi connectivity index (χ4n) is 3.18. The van der Waals surface area contributed by atoms with Crippen molar-refractivity contribution in [2.24, 2.45) is 5.10 Å². The molecule has 0 unspecified atom stereocenters. The summed E-state index contributed by atoms with van der Waals surface area (Å²) in [6, 6.07) is 19.0. The van der Waals surface area contributed by atoms with Crippen LogP contribution in [0.25, 0.3) is 0 Å². The van der Waals surface area contributed by atoms with E-state index in [9.17, 15) is 9.59 Å². The Kier molecular flexibility index (Phi) is 9.64. The lowest BCUT2D eigenvalue weighted by molar-refractivity contribution is -0.123. The molecule has 0 saturated carbocycles. The van der Waals surface area contributed by atoms with E-state index in [-0.39, 0.29) is 12.4 Å². The molecule has 0 bridgehead atoms. The number of hydrogen-bond donors (Lipinski definition) is 1. The van der Waals surface area contributed by atoms with E-state index in [1.165, 1.54) is 13.3 Å². The second-order valence-electron chi connectivity index (χ2n) is 7.44. The fraction of sp³-hybridized carbons (Fsp3) is 0.179. The monoisotopic (exact) mass is 488 g/mol. The lowest BCUT2D eigenvalue weighted by Crippen LogP contribution is -2.24. The number of amides is 1. The molecule has 3 aromatic carbocycles. The van der Waals surface area contributed by atoms with Gasteiger partial charge in [-0.05, 0) is 73.0 Å². The molecule has 8 heteroatoms. The Bertz CT molecular complexity index is 1220. The number of carbonyl (C=O) groups is 2. The Labute approximate surface area is 210 Å². The van der Waals surface area contributed by atoms with Crippen LogP contribution in [0, 0.1) is 0 Å². The first-order chi connectivity index (χ1) is 17.5. The van der Waals surface area contributed by atoms with E-state index in [4.69, 9.17) is 18.9 Å². The van der Waals surface area contributed by atoms with Gasteiger partial charge in [0.2, 0.25) is 0 Å². The van der Waals surface area contributed by atoms with Gasteiger partial charge in [0.15, 0.2) is 18.1 Å². The molecular weight excluding hydrogens is 460 g/mol. The highest BCUT2D eigenvalue weighted by molar-refractivity contribution is 5.92. The molecule has 1 amide bonds. The molecule has 0 fully saturated rings. The summed E-state index contributed by atoms with van der Waals surface area (Å²) in [7, 11) is 1.47. The molecule has 3 rings (SSSR count). The van der Waals surface area contributed by atoms with Gasteiger partial charge in [0, 0.05) is 0 Å². The maximum Gasteiger partial charge on any atom is 0.343 e. The summed E-state index contributed by atoms with van der Waals surface area (Å²) < 4.78 is 21.8.